The Morgan fingerprint density at radius 2 is 1.06 bits per heavy atom. The molecule has 0 atom stereocenters. The predicted molar refractivity (Wildman–Crippen MR) is 81.8 cm³/mol. The third kappa shape index (κ3) is 10.1. The van der Waals surface area contributed by atoms with Crippen molar-refractivity contribution in [2.45, 2.75) is 74.1 Å². The van der Waals surface area contributed by atoms with Crippen LogP contribution in [0.25, 0.3) is 0 Å². The number of benzene rings is 1. The normalized spacial score (nSPS) is 11.5. The topological polar surface area (TPSA) is 0 Å². The van der Waals surface area contributed by atoms with Gasteiger partial charge in [-0.25, -0.2) is 0 Å². The van der Waals surface area contributed by atoms with Crippen molar-refractivity contribution >= 4 is 0 Å². The molecule has 0 unspecified atom stereocenters. The zero-order valence-electron chi connectivity index (χ0n) is 13.1. The highest BCUT2D eigenvalue weighted by Gasteiger charge is 1.95. The predicted octanol–water partition coefficient (Wildman–Crippen LogP) is 6.22. The van der Waals surface area contributed by atoms with Crippen LogP contribution in [0.3, 0.4) is 0 Å². The Kier molecular flexibility index (Phi) is 14.5. The molecule has 0 spiro atoms. The maximum absolute atomic E-state index is 2.20. The smallest absolute Gasteiger partial charge is 0.0395 e. The SMILES string of the molecule is C1CCC1.CC.CC.Cc1ccc(C)c(C)c1. The molecular weight excluding hydrogens is 204 g/mol. The molecule has 0 bridgehead atoms. The Morgan fingerprint density at radius 3 is 1.29 bits per heavy atom. The molecule has 0 nitrogen and oxygen atoms in total. The van der Waals surface area contributed by atoms with Crippen LogP contribution in [-0.2, 0) is 0 Å². The molecule has 100 valence electrons. The summed E-state index contributed by atoms with van der Waals surface area (Å²) in [4.78, 5) is 0. The summed E-state index contributed by atoms with van der Waals surface area (Å²) < 4.78 is 0. The molecule has 1 fully saturated rings. The summed E-state index contributed by atoms with van der Waals surface area (Å²) in [6.45, 7) is 14.4. The van der Waals surface area contributed by atoms with Crippen LogP contribution in [0.4, 0.5) is 0 Å². The Balaban J connectivity index is 0. The van der Waals surface area contributed by atoms with E-state index in [0.717, 1.165) is 0 Å². The number of hydrogen-bond acceptors (Lipinski definition) is 0. The maximum atomic E-state index is 2.20. The van der Waals surface area contributed by atoms with Gasteiger partial charge in [-0.3, -0.25) is 0 Å². The van der Waals surface area contributed by atoms with E-state index in [9.17, 15) is 0 Å². The van der Waals surface area contributed by atoms with E-state index in [0.29, 0.717) is 0 Å². The van der Waals surface area contributed by atoms with Crippen LogP contribution >= 0.6 is 0 Å². The van der Waals surface area contributed by atoms with Crippen molar-refractivity contribution in [1.82, 2.24) is 0 Å². The van der Waals surface area contributed by atoms with E-state index in [4.69, 9.17) is 0 Å². The molecule has 1 saturated carbocycles. The lowest BCUT2D eigenvalue weighted by molar-refractivity contribution is 0.504. The molecule has 1 aromatic rings. The molecule has 2 rings (SSSR count). The zero-order valence-corrected chi connectivity index (χ0v) is 13.1. The van der Waals surface area contributed by atoms with E-state index < -0.39 is 0 Å². The summed E-state index contributed by atoms with van der Waals surface area (Å²) in [5, 5.41) is 0. The Bertz CT molecular complexity index is 253. The van der Waals surface area contributed by atoms with Crippen LogP contribution in [-0.4, -0.2) is 0 Å². The van der Waals surface area contributed by atoms with Gasteiger partial charge in [-0.05, 0) is 31.9 Å². The highest BCUT2D eigenvalue weighted by Crippen LogP contribution is 2.15. The number of aryl methyl sites for hydroxylation is 3. The molecule has 1 aliphatic rings. The van der Waals surface area contributed by atoms with Crippen molar-refractivity contribution in [2.24, 2.45) is 0 Å². The molecule has 0 amide bonds. The van der Waals surface area contributed by atoms with Crippen LogP contribution in [0.5, 0.6) is 0 Å². The van der Waals surface area contributed by atoms with Crippen molar-refractivity contribution in [1.29, 1.82) is 0 Å². The zero-order chi connectivity index (χ0) is 13.7. The van der Waals surface area contributed by atoms with Gasteiger partial charge in [0.05, 0.1) is 0 Å². The van der Waals surface area contributed by atoms with Gasteiger partial charge in [0.1, 0.15) is 0 Å². The van der Waals surface area contributed by atoms with Gasteiger partial charge in [0.25, 0.3) is 0 Å². The van der Waals surface area contributed by atoms with Gasteiger partial charge in [0.15, 0.2) is 0 Å². The minimum Gasteiger partial charge on any atom is -0.0683 e. The summed E-state index contributed by atoms with van der Waals surface area (Å²) in [5.74, 6) is 0. The van der Waals surface area contributed by atoms with Crippen molar-refractivity contribution < 1.29 is 0 Å². The highest BCUT2D eigenvalue weighted by molar-refractivity contribution is 5.28. The van der Waals surface area contributed by atoms with Gasteiger partial charge in [0.2, 0.25) is 0 Å². The van der Waals surface area contributed by atoms with E-state index in [2.05, 4.69) is 39.0 Å². The maximum Gasteiger partial charge on any atom is -0.0395 e. The average Bonchev–Trinajstić information content (AvgIpc) is 2.27. The van der Waals surface area contributed by atoms with Crippen molar-refractivity contribution in [2.75, 3.05) is 0 Å². The minimum absolute atomic E-state index is 1.35. The molecule has 0 aliphatic heterocycles. The fourth-order valence-corrected chi connectivity index (χ4v) is 1.14. The minimum atomic E-state index is 1.35. The van der Waals surface area contributed by atoms with Crippen molar-refractivity contribution in [3.05, 3.63) is 34.9 Å². The van der Waals surface area contributed by atoms with Gasteiger partial charge < -0.3 is 0 Å². The fraction of sp³-hybridized carbons (Fsp3) is 0.647. The second-order valence-electron chi connectivity index (χ2n) is 4.00. The summed E-state index contributed by atoms with van der Waals surface area (Å²) >= 11 is 0. The molecule has 1 aliphatic carbocycles. The number of rotatable bonds is 0. The fourth-order valence-electron chi connectivity index (χ4n) is 1.14. The highest BCUT2D eigenvalue weighted by atomic mass is 14.0. The first kappa shape index (κ1) is 18.6. The number of hydrogen-bond donors (Lipinski definition) is 0. The molecule has 0 heterocycles. The van der Waals surface area contributed by atoms with E-state index >= 15 is 0 Å². The molecule has 0 N–H and O–H groups in total. The Hall–Kier alpha value is -0.780. The van der Waals surface area contributed by atoms with Crippen LogP contribution in [0.1, 0.15) is 70.1 Å². The molecule has 0 aromatic heterocycles. The standard InChI is InChI=1S/C9H12.C4H8.2C2H6/c1-7-4-5-8(2)9(3)6-7;1-2-4-3-1;2*1-2/h4-6H,1-3H3;1-4H2;2*1-2H3. The average molecular weight is 236 g/mol. The summed E-state index contributed by atoms with van der Waals surface area (Å²) in [7, 11) is 0. The van der Waals surface area contributed by atoms with E-state index in [1.807, 2.05) is 27.7 Å². The summed E-state index contributed by atoms with van der Waals surface area (Å²) in [6.07, 6.45) is 6.00. The molecule has 17 heavy (non-hydrogen) atoms. The van der Waals surface area contributed by atoms with E-state index in [1.165, 1.54) is 42.4 Å². The lowest BCUT2D eigenvalue weighted by Gasteiger charge is -2.05. The quantitative estimate of drug-likeness (QED) is 0.501. The van der Waals surface area contributed by atoms with Crippen LogP contribution in [0.15, 0.2) is 18.2 Å². The van der Waals surface area contributed by atoms with Gasteiger partial charge in [0, 0.05) is 0 Å². The molecule has 0 saturated heterocycles. The largest absolute Gasteiger partial charge is 0.0683 e. The van der Waals surface area contributed by atoms with E-state index in [1.54, 1.807) is 0 Å². The Morgan fingerprint density at radius 1 is 0.647 bits per heavy atom. The van der Waals surface area contributed by atoms with Crippen LogP contribution in [0, 0.1) is 20.8 Å². The molecular formula is C17H32. The van der Waals surface area contributed by atoms with Gasteiger partial charge in [-0.15, -0.1) is 0 Å². The molecule has 0 radical (unpaired) electrons. The van der Waals surface area contributed by atoms with E-state index in [-0.39, 0.29) is 0 Å². The lowest BCUT2D eigenvalue weighted by Crippen LogP contribution is -1.85. The lowest BCUT2D eigenvalue weighted by atomic mass is 10.0. The van der Waals surface area contributed by atoms with Crippen molar-refractivity contribution in [3.63, 3.8) is 0 Å². The molecule has 0 heteroatoms. The second-order valence-corrected chi connectivity index (χ2v) is 4.00. The first-order chi connectivity index (χ1) is 8.20. The second kappa shape index (κ2) is 13.3. The van der Waals surface area contributed by atoms with Gasteiger partial charge in [-0.1, -0.05) is 77.1 Å². The van der Waals surface area contributed by atoms with Gasteiger partial charge in [-0.2, -0.15) is 0 Å². The first-order valence-corrected chi connectivity index (χ1v) is 7.24. The third-order valence-corrected chi connectivity index (χ3v) is 2.66. The monoisotopic (exact) mass is 236 g/mol. The Labute approximate surface area is 109 Å². The summed E-state index contributed by atoms with van der Waals surface area (Å²) in [6, 6.07) is 6.50. The first-order valence-electron chi connectivity index (χ1n) is 7.24. The van der Waals surface area contributed by atoms with Crippen LogP contribution in [0.2, 0.25) is 0 Å². The van der Waals surface area contributed by atoms with Gasteiger partial charge >= 0.3 is 0 Å². The summed E-state index contributed by atoms with van der Waals surface area (Å²) in [5.41, 5.74) is 4.11. The third-order valence-electron chi connectivity index (χ3n) is 2.66. The molecule has 1 aromatic carbocycles. The van der Waals surface area contributed by atoms with Crippen LogP contribution < -0.4 is 0 Å². The van der Waals surface area contributed by atoms with Crippen molar-refractivity contribution in [3.8, 4) is 0 Å².